The Labute approximate surface area is 134 Å². The molecule has 0 aromatic heterocycles. The van der Waals surface area contributed by atoms with Crippen LogP contribution in [0.2, 0.25) is 0 Å². The topological polar surface area (TPSA) is 102 Å². The van der Waals surface area contributed by atoms with Crippen molar-refractivity contribution in [3.8, 4) is 0 Å². The number of carboxylic acid groups (broad SMARTS) is 1. The molecule has 2 N–H and O–H groups in total. The van der Waals surface area contributed by atoms with Gasteiger partial charge in [0.2, 0.25) is 0 Å². The van der Waals surface area contributed by atoms with Crippen molar-refractivity contribution in [2.24, 2.45) is 5.92 Å². The minimum Gasteiger partial charge on any atom is -0.480 e. The fourth-order valence-electron chi connectivity index (χ4n) is 1.86. The molecule has 1 unspecified atom stereocenters. The average Bonchev–Trinajstić information content (AvgIpc) is 2.53. The summed E-state index contributed by atoms with van der Waals surface area (Å²) in [4.78, 5) is 34.4. The summed E-state index contributed by atoms with van der Waals surface area (Å²) in [5.41, 5.74) is 0.786. The molecular formula is C16H21NO6. The molecule has 0 fully saturated rings. The van der Waals surface area contributed by atoms with Gasteiger partial charge in [-0.3, -0.25) is 4.79 Å². The number of carboxylic acids is 1. The first-order valence-corrected chi connectivity index (χ1v) is 7.30. The van der Waals surface area contributed by atoms with Crippen molar-refractivity contribution in [1.29, 1.82) is 0 Å². The van der Waals surface area contributed by atoms with E-state index in [0.29, 0.717) is 0 Å². The molecule has 1 aromatic rings. The molecule has 0 spiro atoms. The zero-order chi connectivity index (χ0) is 17.2. The van der Waals surface area contributed by atoms with E-state index < -0.39 is 30.0 Å². The standard InChI is InChI=1S/C16H21NO6/c1-3-22-15(20)11(2)9-13(14(18)19)17-16(21)23-10-12-7-5-4-6-8-12/h4-8,11,13H,3,9-10H2,1-2H3,(H,17,21)(H,18,19)/t11?,13-/m0/s1. The molecular weight excluding hydrogens is 302 g/mol. The van der Waals surface area contributed by atoms with Gasteiger partial charge >= 0.3 is 18.0 Å². The van der Waals surface area contributed by atoms with Gasteiger partial charge in [0.15, 0.2) is 0 Å². The van der Waals surface area contributed by atoms with Crippen molar-refractivity contribution in [2.75, 3.05) is 6.61 Å². The zero-order valence-corrected chi connectivity index (χ0v) is 13.2. The lowest BCUT2D eigenvalue weighted by Crippen LogP contribution is -2.43. The average molecular weight is 323 g/mol. The normalized spacial score (nSPS) is 12.8. The van der Waals surface area contributed by atoms with Crippen molar-refractivity contribution < 1.29 is 29.0 Å². The lowest BCUT2D eigenvalue weighted by Gasteiger charge is -2.17. The molecule has 23 heavy (non-hydrogen) atoms. The maximum atomic E-state index is 11.7. The predicted molar refractivity (Wildman–Crippen MR) is 81.6 cm³/mol. The number of carbonyl (C=O) groups is 3. The van der Waals surface area contributed by atoms with E-state index in [1.54, 1.807) is 38.1 Å². The second-order valence-corrected chi connectivity index (χ2v) is 4.99. The van der Waals surface area contributed by atoms with Crippen molar-refractivity contribution in [1.82, 2.24) is 5.32 Å². The van der Waals surface area contributed by atoms with Crippen molar-refractivity contribution in [2.45, 2.75) is 32.9 Å². The molecule has 0 bridgehead atoms. The first-order chi connectivity index (χ1) is 10.9. The second kappa shape index (κ2) is 9.45. The van der Waals surface area contributed by atoms with Gasteiger partial charge in [-0.1, -0.05) is 37.3 Å². The van der Waals surface area contributed by atoms with Gasteiger partial charge in [0.1, 0.15) is 12.6 Å². The third-order valence-corrected chi connectivity index (χ3v) is 3.08. The number of ether oxygens (including phenoxy) is 2. The number of hydrogen-bond acceptors (Lipinski definition) is 5. The van der Waals surface area contributed by atoms with Crippen LogP contribution in [-0.2, 0) is 25.7 Å². The number of hydrogen-bond donors (Lipinski definition) is 2. The molecule has 7 heteroatoms. The third kappa shape index (κ3) is 6.82. The van der Waals surface area contributed by atoms with Crippen LogP contribution in [0.25, 0.3) is 0 Å². The van der Waals surface area contributed by atoms with Crippen molar-refractivity contribution in [3.63, 3.8) is 0 Å². The monoisotopic (exact) mass is 323 g/mol. The zero-order valence-electron chi connectivity index (χ0n) is 13.2. The Hall–Kier alpha value is -2.57. The van der Waals surface area contributed by atoms with Crippen LogP contribution in [0.15, 0.2) is 30.3 Å². The smallest absolute Gasteiger partial charge is 0.408 e. The van der Waals surface area contributed by atoms with Gasteiger partial charge in [-0.25, -0.2) is 9.59 Å². The second-order valence-electron chi connectivity index (χ2n) is 4.99. The summed E-state index contributed by atoms with van der Waals surface area (Å²) in [6.45, 7) is 3.46. The molecule has 126 valence electrons. The van der Waals surface area contributed by atoms with Crippen LogP contribution in [0.5, 0.6) is 0 Å². The molecule has 2 atom stereocenters. The Balaban J connectivity index is 2.50. The Morgan fingerprint density at radius 3 is 2.39 bits per heavy atom. The Morgan fingerprint density at radius 2 is 1.83 bits per heavy atom. The van der Waals surface area contributed by atoms with E-state index in [1.165, 1.54) is 0 Å². The largest absolute Gasteiger partial charge is 0.480 e. The molecule has 1 rings (SSSR count). The maximum Gasteiger partial charge on any atom is 0.408 e. The van der Waals surface area contributed by atoms with Gasteiger partial charge < -0.3 is 19.9 Å². The summed E-state index contributed by atoms with van der Waals surface area (Å²) in [5.74, 6) is -2.39. The highest BCUT2D eigenvalue weighted by atomic mass is 16.5. The molecule has 0 saturated heterocycles. The molecule has 0 aliphatic carbocycles. The number of carbonyl (C=O) groups excluding carboxylic acids is 2. The van der Waals surface area contributed by atoms with Crippen LogP contribution in [0, 0.1) is 5.92 Å². The minimum absolute atomic E-state index is 0.0342. The first-order valence-electron chi connectivity index (χ1n) is 7.30. The Bertz CT molecular complexity index is 531. The van der Waals surface area contributed by atoms with E-state index in [-0.39, 0.29) is 19.6 Å². The lowest BCUT2D eigenvalue weighted by atomic mass is 10.0. The van der Waals surface area contributed by atoms with Gasteiger partial charge in [-0.05, 0) is 18.9 Å². The van der Waals surface area contributed by atoms with Crippen LogP contribution in [0.1, 0.15) is 25.8 Å². The molecule has 1 aromatic carbocycles. The SMILES string of the molecule is CCOC(=O)C(C)C[C@H](NC(=O)OCc1ccccc1)C(=O)O. The molecule has 0 aliphatic rings. The first kappa shape index (κ1) is 18.5. The lowest BCUT2D eigenvalue weighted by molar-refractivity contribution is -0.148. The molecule has 1 amide bonds. The molecule has 7 nitrogen and oxygen atoms in total. The van der Waals surface area contributed by atoms with Crippen molar-refractivity contribution in [3.05, 3.63) is 35.9 Å². The highest BCUT2D eigenvalue weighted by molar-refractivity contribution is 5.81. The minimum atomic E-state index is -1.24. The van der Waals surface area contributed by atoms with Gasteiger partial charge in [0.05, 0.1) is 12.5 Å². The molecule has 0 saturated carbocycles. The van der Waals surface area contributed by atoms with E-state index >= 15 is 0 Å². The number of nitrogens with one attached hydrogen (secondary N) is 1. The van der Waals surface area contributed by atoms with Gasteiger partial charge in [0.25, 0.3) is 0 Å². The van der Waals surface area contributed by atoms with Crippen LogP contribution in [-0.4, -0.2) is 35.8 Å². The van der Waals surface area contributed by atoms with Gasteiger partial charge in [-0.2, -0.15) is 0 Å². The van der Waals surface area contributed by atoms with Gasteiger partial charge in [-0.15, -0.1) is 0 Å². The van der Waals surface area contributed by atoms with E-state index in [0.717, 1.165) is 5.56 Å². The number of rotatable bonds is 8. The number of benzene rings is 1. The van der Waals surface area contributed by atoms with Crippen molar-refractivity contribution >= 4 is 18.0 Å². The summed E-state index contributed by atoms with van der Waals surface area (Å²) in [5, 5.41) is 11.4. The predicted octanol–water partition coefficient (Wildman–Crippen LogP) is 1.96. The fraction of sp³-hybridized carbons (Fsp3) is 0.438. The highest BCUT2D eigenvalue weighted by Gasteiger charge is 2.26. The fourth-order valence-corrected chi connectivity index (χ4v) is 1.86. The number of alkyl carbamates (subject to hydrolysis) is 1. The summed E-state index contributed by atoms with van der Waals surface area (Å²) in [6.07, 6.45) is -0.925. The maximum absolute atomic E-state index is 11.7. The van der Waals surface area contributed by atoms with Crippen LogP contribution in [0.3, 0.4) is 0 Å². The van der Waals surface area contributed by atoms with E-state index in [9.17, 15) is 14.4 Å². The summed E-state index contributed by atoms with van der Waals surface area (Å²) in [6, 6.07) is 7.78. The van der Waals surface area contributed by atoms with E-state index in [1.807, 2.05) is 6.07 Å². The van der Waals surface area contributed by atoms with Gasteiger partial charge in [0, 0.05) is 0 Å². The number of amides is 1. The van der Waals surface area contributed by atoms with Crippen LogP contribution < -0.4 is 5.32 Å². The molecule has 0 heterocycles. The number of aliphatic carboxylic acids is 1. The summed E-state index contributed by atoms with van der Waals surface area (Å²) >= 11 is 0. The molecule has 0 aliphatic heterocycles. The van der Waals surface area contributed by atoms with Crippen LogP contribution in [0.4, 0.5) is 4.79 Å². The summed E-state index contributed by atoms with van der Waals surface area (Å²) in [7, 11) is 0. The third-order valence-electron chi connectivity index (χ3n) is 3.08. The highest BCUT2D eigenvalue weighted by Crippen LogP contribution is 2.09. The quantitative estimate of drug-likeness (QED) is 0.709. The Morgan fingerprint density at radius 1 is 1.17 bits per heavy atom. The number of esters is 1. The Kier molecular flexibility index (Phi) is 7.59. The molecule has 0 radical (unpaired) electrons. The van der Waals surface area contributed by atoms with E-state index in [2.05, 4.69) is 5.32 Å². The van der Waals surface area contributed by atoms with Crippen LogP contribution >= 0.6 is 0 Å². The summed E-state index contributed by atoms with van der Waals surface area (Å²) < 4.78 is 9.79. The van der Waals surface area contributed by atoms with E-state index in [4.69, 9.17) is 14.6 Å².